The third-order valence-corrected chi connectivity index (χ3v) is 4.75. The van der Waals surface area contributed by atoms with E-state index in [1.165, 1.54) is 5.56 Å². The van der Waals surface area contributed by atoms with E-state index in [1.807, 2.05) is 11.6 Å². The molecule has 0 radical (unpaired) electrons. The lowest BCUT2D eigenvalue weighted by atomic mass is 10.0. The van der Waals surface area contributed by atoms with Gasteiger partial charge >= 0.3 is 0 Å². The van der Waals surface area contributed by atoms with Gasteiger partial charge < -0.3 is 5.32 Å². The summed E-state index contributed by atoms with van der Waals surface area (Å²) in [6, 6.07) is 10.6. The van der Waals surface area contributed by atoms with Gasteiger partial charge in [-0.05, 0) is 50.4 Å². The lowest BCUT2D eigenvalue weighted by Gasteiger charge is -2.19. The number of likely N-dealkylation sites (tertiary alicyclic amines) is 1. The highest BCUT2D eigenvalue weighted by Gasteiger charge is 2.25. The van der Waals surface area contributed by atoms with Crippen LogP contribution in [0.3, 0.4) is 0 Å². The van der Waals surface area contributed by atoms with E-state index in [2.05, 4.69) is 52.6 Å². The van der Waals surface area contributed by atoms with Crippen LogP contribution in [0.4, 0.5) is 0 Å². The quantitative estimate of drug-likeness (QED) is 0.918. The molecule has 1 fully saturated rings. The molecule has 0 aliphatic carbocycles. The average Bonchev–Trinajstić information content (AvgIpc) is 3.13. The van der Waals surface area contributed by atoms with Crippen molar-refractivity contribution in [3.05, 3.63) is 47.3 Å². The Hall–Kier alpha value is -2.14. The zero-order valence-electron chi connectivity index (χ0n) is 14.7. The first-order valence-corrected chi connectivity index (χ1v) is 8.61. The van der Waals surface area contributed by atoms with Gasteiger partial charge in [0.1, 0.15) is 0 Å². The van der Waals surface area contributed by atoms with Crippen LogP contribution in [-0.2, 0) is 11.3 Å². The van der Waals surface area contributed by atoms with Gasteiger partial charge in [0.25, 0.3) is 0 Å². The molecule has 1 aliphatic heterocycles. The summed E-state index contributed by atoms with van der Waals surface area (Å²) in [4.78, 5) is 14.0. The van der Waals surface area contributed by atoms with Crippen LogP contribution in [0.25, 0.3) is 5.69 Å². The number of aromatic nitrogens is 2. The summed E-state index contributed by atoms with van der Waals surface area (Å²) in [5, 5.41) is 7.35. The second kappa shape index (κ2) is 7.18. The lowest BCUT2D eigenvalue weighted by Crippen LogP contribution is -2.24. The van der Waals surface area contributed by atoms with Crippen molar-refractivity contribution < 1.29 is 4.79 Å². The van der Waals surface area contributed by atoms with Gasteiger partial charge in [-0.25, -0.2) is 4.68 Å². The van der Waals surface area contributed by atoms with Gasteiger partial charge in [0.15, 0.2) is 0 Å². The van der Waals surface area contributed by atoms with Crippen LogP contribution in [0.15, 0.2) is 30.3 Å². The summed E-state index contributed by atoms with van der Waals surface area (Å²) in [6.07, 6.45) is 1.72. The summed E-state index contributed by atoms with van der Waals surface area (Å²) < 4.78 is 2.03. The molecule has 1 unspecified atom stereocenters. The van der Waals surface area contributed by atoms with Gasteiger partial charge in [0.2, 0.25) is 5.91 Å². The van der Waals surface area contributed by atoms with E-state index in [0.717, 1.165) is 43.1 Å². The van der Waals surface area contributed by atoms with Gasteiger partial charge in [-0.3, -0.25) is 9.69 Å². The number of hydrogen-bond acceptors (Lipinski definition) is 3. The van der Waals surface area contributed by atoms with Crippen molar-refractivity contribution in [1.82, 2.24) is 20.0 Å². The smallest absolute Gasteiger partial charge is 0.220 e. The Kier molecular flexibility index (Phi) is 5.00. The predicted molar refractivity (Wildman–Crippen MR) is 95.1 cm³/mol. The molecule has 1 amide bonds. The Morgan fingerprint density at radius 3 is 2.83 bits per heavy atom. The number of para-hydroxylation sites is 1. The molecule has 1 N–H and O–H groups in total. The number of benzene rings is 1. The van der Waals surface area contributed by atoms with Crippen molar-refractivity contribution in [3.8, 4) is 5.69 Å². The summed E-state index contributed by atoms with van der Waals surface area (Å²) in [5.74, 6) is 0.607. The highest BCUT2D eigenvalue weighted by Crippen LogP contribution is 2.24. The number of hydrogen-bond donors (Lipinski definition) is 1. The third-order valence-electron chi connectivity index (χ3n) is 4.75. The van der Waals surface area contributed by atoms with E-state index in [-0.39, 0.29) is 5.91 Å². The van der Waals surface area contributed by atoms with Crippen molar-refractivity contribution in [3.63, 3.8) is 0 Å². The Balaban J connectivity index is 1.73. The topological polar surface area (TPSA) is 50.2 Å². The van der Waals surface area contributed by atoms with Crippen LogP contribution in [0.2, 0.25) is 0 Å². The molecule has 2 aromatic rings. The van der Waals surface area contributed by atoms with Crippen molar-refractivity contribution in [1.29, 1.82) is 0 Å². The van der Waals surface area contributed by atoms with E-state index in [9.17, 15) is 4.79 Å². The highest BCUT2D eigenvalue weighted by atomic mass is 16.1. The maximum Gasteiger partial charge on any atom is 0.220 e. The molecule has 1 saturated heterocycles. The number of aryl methyl sites for hydroxylation is 2. The number of carbonyl (C=O) groups excluding carboxylic acids is 1. The predicted octanol–water partition coefficient (Wildman–Crippen LogP) is 2.45. The van der Waals surface area contributed by atoms with E-state index in [0.29, 0.717) is 12.3 Å². The maximum absolute atomic E-state index is 11.6. The van der Waals surface area contributed by atoms with Crippen LogP contribution in [0.1, 0.15) is 29.8 Å². The van der Waals surface area contributed by atoms with Crippen LogP contribution in [0, 0.1) is 19.8 Å². The second-order valence-electron chi connectivity index (χ2n) is 6.73. The molecular weight excluding hydrogens is 300 g/mol. The maximum atomic E-state index is 11.6. The fourth-order valence-electron chi connectivity index (χ4n) is 3.55. The van der Waals surface area contributed by atoms with E-state index >= 15 is 0 Å². The second-order valence-corrected chi connectivity index (χ2v) is 6.73. The summed E-state index contributed by atoms with van der Waals surface area (Å²) in [7, 11) is 1.71. The van der Waals surface area contributed by atoms with Gasteiger partial charge in [0, 0.05) is 32.3 Å². The standard InChI is InChI=1S/C19H26N4O/c1-14-10-15(2)23(21-14)18-7-5-4-6-17(18)13-22-9-8-16(12-22)11-19(24)20-3/h4-7,10,16H,8-9,11-13H2,1-3H3,(H,20,24). The fourth-order valence-corrected chi connectivity index (χ4v) is 3.55. The summed E-state index contributed by atoms with van der Waals surface area (Å²) in [6.45, 7) is 7.05. The molecule has 5 heteroatoms. The van der Waals surface area contributed by atoms with Gasteiger partial charge in [0.05, 0.1) is 11.4 Å². The van der Waals surface area contributed by atoms with Crippen molar-refractivity contribution in [2.45, 2.75) is 33.2 Å². The monoisotopic (exact) mass is 326 g/mol. The van der Waals surface area contributed by atoms with Crippen molar-refractivity contribution in [2.24, 2.45) is 5.92 Å². The molecular formula is C19H26N4O. The molecule has 2 heterocycles. The summed E-state index contributed by atoms with van der Waals surface area (Å²) in [5.41, 5.74) is 4.62. The third kappa shape index (κ3) is 3.67. The Labute approximate surface area is 143 Å². The Bertz CT molecular complexity index is 722. The molecule has 24 heavy (non-hydrogen) atoms. The normalized spacial score (nSPS) is 18.0. The molecule has 128 valence electrons. The van der Waals surface area contributed by atoms with E-state index in [4.69, 9.17) is 0 Å². The van der Waals surface area contributed by atoms with Gasteiger partial charge in [-0.1, -0.05) is 18.2 Å². The SMILES string of the molecule is CNC(=O)CC1CCN(Cc2ccccc2-n2nc(C)cc2C)C1. The van der Waals surface area contributed by atoms with Gasteiger partial charge in [-0.2, -0.15) is 5.10 Å². The number of nitrogens with one attached hydrogen (secondary N) is 1. The molecule has 0 spiro atoms. The molecule has 1 aromatic carbocycles. The zero-order chi connectivity index (χ0) is 17.1. The number of nitrogens with zero attached hydrogens (tertiary/aromatic N) is 3. The molecule has 3 rings (SSSR count). The van der Waals surface area contributed by atoms with Gasteiger partial charge in [-0.15, -0.1) is 0 Å². The van der Waals surface area contributed by atoms with Crippen LogP contribution in [0.5, 0.6) is 0 Å². The number of carbonyl (C=O) groups is 1. The Morgan fingerprint density at radius 2 is 2.12 bits per heavy atom. The average molecular weight is 326 g/mol. The largest absolute Gasteiger partial charge is 0.359 e. The highest BCUT2D eigenvalue weighted by molar-refractivity contribution is 5.75. The minimum Gasteiger partial charge on any atom is -0.359 e. The first-order valence-electron chi connectivity index (χ1n) is 8.61. The molecule has 1 aromatic heterocycles. The minimum atomic E-state index is 0.143. The van der Waals surface area contributed by atoms with Crippen LogP contribution >= 0.6 is 0 Å². The van der Waals surface area contributed by atoms with Crippen LogP contribution < -0.4 is 5.32 Å². The first-order chi connectivity index (χ1) is 11.6. The fraction of sp³-hybridized carbons (Fsp3) is 0.474. The van der Waals surface area contributed by atoms with E-state index in [1.54, 1.807) is 7.05 Å². The van der Waals surface area contributed by atoms with Crippen molar-refractivity contribution in [2.75, 3.05) is 20.1 Å². The summed E-state index contributed by atoms with van der Waals surface area (Å²) >= 11 is 0. The molecule has 5 nitrogen and oxygen atoms in total. The Morgan fingerprint density at radius 1 is 1.33 bits per heavy atom. The first kappa shape index (κ1) is 16.7. The zero-order valence-corrected chi connectivity index (χ0v) is 14.7. The molecule has 0 bridgehead atoms. The lowest BCUT2D eigenvalue weighted by molar-refractivity contribution is -0.121. The van der Waals surface area contributed by atoms with Crippen molar-refractivity contribution >= 4 is 5.91 Å². The number of rotatable bonds is 5. The van der Waals surface area contributed by atoms with Crippen LogP contribution in [-0.4, -0.2) is 40.7 Å². The molecule has 1 aliphatic rings. The number of amides is 1. The molecule has 1 atom stereocenters. The minimum absolute atomic E-state index is 0.143. The van der Waals surface area contributed by atoms with E-state index < -0.39 is 0 Å². The molecule has 0 saturated carbocycles.